The standard InChI is InChI=1S/C14H26N4/c1-6-13(7-2)18(5)14-12(8-15-10-17-14)9-16-11(3)4/h8,10-11,13,16H,6-7,9H2,1-5H3. The lowest BCUT2D eigenvalue weighted by Crippen LogP contribution is -2.33. The maximum absolute atomic E-state index is 4.45. The third-order valence-electron chi connectivity index (χ3n) is 3.29. The molecule has 0 aliphatic rings. The zero-order chi connectivity index (χ0) is 13.5. The second kappa shape index (κ2) is 7.31. The molecule has 4 nitrogen and oxygen atoms in total. The molecular formula is C14H26N4. The monoisotopic (exact) mass is 250 g/mol. The van der Waals surface area contributed by atoms with E-state index >= 15 is 0 Å². The lowest BCUT2D eigenvalue weighted by Gasteiger charge is -2.29. The van der Waals surface area contributed by atoms with E-state index in [1.54, 1.807) is 6.33 Å². The Labute approximate surface area is 111 Å². The highest BCUT2D eigenvalue weighted by Gasteiger charge is 2.15. The molecule has 102 valence electrons. The first-order valence-corrected chi connectivity index (χ1v) is 6.85. The summed E-state index contributed by atoms with van der Waals surface area (Å²) >= 11 is 0. The molecule has 0 saturated carbocycles. The summed E-state index contributed by atoms with van der Waals surface area (Å²) in [5.74, 6) is 1.05. The normalized spacial score (nSPS) is 11.3. The second-order valence-electron chi connectivity index (χ2n) is 4.99. The number of rotatable bonds is 7. The first-order chi connectivity index (χ1) is 8.60. The van der Waals surface area contributed by atoms with Crippen LogP contribution in [0.15, 0.2) is 12.5 Å². The summed E-state index contributed by atoms with van der Waals surface area (Å²) in [6, 6.07) is 1.01. The minimum atomic E-state index is 0.469. The van der Waals surface area contributed by atoms with Crippen LogP contribution in [0.4, 0.5) is 5.82 Å². The Bertz CT molecular complexity index is 347. The van der Waals surface area contributed by atoms with Gasteiger partial charge in [0.15, 0.2) is 0 Å². The molecule has 0 spiro atoms. The fourth-order valence-electron chi connectivity index (χ4n) is 2.12. The van der Waals surface area contributed by atoms with Crippen LogP contribution in [0, 0.1) is 0 Å². The highest BCUT2D eigenvalue weighted by Crippen LogP contribution is 2.19. The number of aromatic nitrogens is 2. The van der Waals surface area contributed by atoms with Crippen molar-refractivity contribution in [3.8, 4) is 0 Å². The van der Waals surface area contributed by atoms with Crippen molar-refractivity contribution < 1.29 is 0 Å². The Morgan fingerprint density at radius 2 is 1.94 bits per heavy atom. The molecule has 1 heterocycles. The van der Waals surface area contributed by atoms with Crippen molar-refractivity contribution in [2.24, 2.45) is 0 Å². The quantitative estimate of drug-likeness (QED) is 0.807. The number of nitrogens with one attached hydrogen (secondary N) is 1. The molecule has 0 saturated heterocycles. The van der Waals surface area contributed by atoms with Crippen LogP contribution >= 0.6 is 0 Å². The van der Waals surface area contributed by atoms with Gasteiger partial charge in [-0.1, -0.05) is 27.7 Å². The maximum Gasteiger partial charge on any atom is 0.136 e. The van der Waals surface area contributed by atoms with Crippen molar-refractivity contribution in [1.82, 2.24) is 15.3 Å². The van der Waals surface area contributed by atoms with E-state index in [4.69, 9.17) is 0 Å². The fourth-order valence-corrected chi connectivity index (χ4v) is 2.12. The highest BCUT2D eigenvalue weighted by molar-refractivity contribution is 5.45. The van der Waals surface area contributed by atoms with Gasteiger partial charge in [-0.2, -0.15) is 0 Å². The van der Waals surface area contributed by atoms with Crippen molar-refractivity contribution in [2.45, 2.75) is 59.2 Å². The van der Waals surface area contributed by atoms with E-state index in [2.05, 4.69) is 54.9 Å². The zero-order valence-corrected chi connectivity index (χ0v) is 12.3. The van der Waals surface area contributed by atoms with Gasteiger partial charge in [0.2, 0.25) is 0 Å². The SMILES string of the molecule is CCC(CC)N(C)c1ncncc1CNC(C)C. The first-order valence-electron chi connectivity index (χ1n) is 6.85. The molecular weight excluding hydrogens is 224 g/mol. The van der Waals surface area contributed by atoms with Gasteiger partial charge < -0.3 is 10.2 Å². The highest BCUT2D eigenvalue weighted by atomic mass is 15.2. The van der Waals surface area contributed by atoms with Gasteiger partial charge in [0.1, 0.15) is 12.1 Å². The molecule has 4 heteroatoms. The van der Waals surface area contributed by atoms with Gasteiger partial charge in [-0.3, -0.25) is 0 Å². The number of hydrogen-bond acceptors (Lipinski definition) is 4. The van der Waals surface area contributed by atoms with Crippen molar-refractivity contribution in [3.05, 3.63) is 18.1 Å². The first kappa shape index (κ1) is 14.9. The van der Waals surface area contributed by atoms with E-state index < -0.39 is 0 Å². The molecule has 1 rings (SSSR count). The third-order valence-corrected chi connectivity index (χ3v) is 3.29. The van der Waals surface area contributed by atoms with Crippen LogP contribution in [0.25, 0.3) is 0 Å². The summed E-state index contributed by atoms with van der Waals surface area (Å²) in [6.07, 6.45) is 5.81. The van der Waals surface area contributed by atoms with Gasteiger partial charge in [0.25, 0.3) is 0 Å². The van der Waals surface area contributed by atoms with Gasteiger partial charge >= 0.3 is 0 Å². The van der Waals surface area contributed by atoms with E-state index in [0.29, 0.717) is 12.1 Å². The largest absolute Gasteiger partial charge is 0.356 e. The molecule has 1 aromatic rings. The molecule has 0 amide bonds. The average Bonchev–Trinajstić information content (AvgIpc) is 2.38. The molecule has 0 unspecified atom stereocenters. The van der Waals surface area contributed by atoms with Crippen LogP contribution in [0.2, 0.25) is 0 Å². The molecule has 0 atom stereocenters. The van der Waals surface area contributed by atoms with Crippen molar-refractivity contribution >= 4 is 5.82 Å². The molecule has 0 aliphatic heterocycles. The lowest BCUT2D eigenvalue weighted by atomic mass is 10.1. The molecule has 0 aliphatic carbocycles. The minimum absolute atomic E-state index is 0.469. The minimum Gasteiger partial charge on any atom is -0.356 e. The predicted octanol–water partition coefficient (Wildman–Crippen LogP) is 2.60. The lowest BCUT2D eigenvalue weighted by molar-refractivity contribution is 0.567. The Morgan fingerprint density at radius 1 is 1.28 bits per heavy atom. The molecule has 0 bridgehead atoms. The van der Waals surface area contributed by atoms with Crippen LogP contribution in [-0.4, -0.2) is 29.1 Å². The Kier molecular flexibility index (Phi) is 6.05. The second-order valence-corrected chi connectivity index (χ2v) is 4.99. The van der Waals surface area contributed by atoms with Crippen molar-refractivity contribution in [2.75, 3.05) is 11.9 Å². The van der Waals surface area contributed by atoms with Crippen LogP contribution in [0.3, 0.4) is 0 Å². The molecule has 1 aromatic heterocycles. The van der Waals surface area contributed by atoms with Crippen LogP contribution < -0.4 is 10.2 Å². The number of anilines is 1. The summed E-state index contributed by atoms with van der Waals surface area (Å²) in [5, 5.41) is 3.43. The topological polar surface area (TPSA) is 41.1 Å². The average molecular weight is 250 g/mol. The van der Waals surface area contributed by atoms with E-state index in [1.807, 2.05) is 6.20 Å². The Hall–Kier alpha value is -1.16. The third kappa shape index (κ3) is 3.95. The van der Waals surface area contributed by atoms with E-state index in [-0.39, 0.29) is 0 Å². The summed E-state index contributed by atoms with van der Waals surface area (Å²) in [7, 11) is 2.12. The van der Waals surface area contributed by atoms with E-state index in [9.17, 15) is 0 Å². The number of hydrogen-bond donors (Lipinski definition) is 1. The molecule has 1 N–H and O–H groups in total. The van der Waals surface area contributed by atoms with Crippen LogP contribution in [-0.2, 0) is 6.54 Å². The van der Waals surface area contributed by atoms with E-state index in [1.165, 1.54) is 5.56 Å². The summed E-state index contributed by atoms with van der Waals surface area (Å²) in [4.78, 5) is 10.9. The predicted molar refractivity (Wildman–Crippen MR) is 76.8 cm³/mol. The summed E-state index contributed by atoms with van der Waals surface area (Å²) < 4.78 is 0. The van der Waals surface area contributed by atoms with Gasteiger partial charge in [-0.25, -0.2) is 9.97 Å². The van der Waals surface area contributed by atoms with Crippen LogP contribution in [0.1, 0.15) is 46.1 Å². The van der Waals surface area contributed by atoms with Gasteiger partial charge in [0.05, 0.1) is 0 Å². The summed E-state index contributed by atoms with van der Waals surface area (Å²) in [5.41, 5.74) is 1.17. The molecule has 0 aromatic carbocycles. The van der Waals surface area contributed by atoms with Crippen LogP contribution in [0.5, 0.6) is 0 Å². The molecule has 18 heavy (non-hydrogen) atoms. The van der Waals surface area contributed by atoms with Crippen molar-refractivity contribution in [3.63, 3.8) is 0 Å². The summed E-state index contributed by atoms with van der Waals surface area (Å²) in [6.45, 7) is 9.55. The van der Waals surface area contributed by atoms with Crippen molar-refractivity contribution in [1.29, 1.82) is 0 Å². The van der Waals surface area contributed by atoms with E-state index in [0.717, 1.165) is 25.2 Å². The molecule has 0 radical (unpaired) electrons. The maximum atomic E-state index is 4.45. The van der Waals surface area contributed by atoms with Gasteiger partial charge in [0, 0.05) is 37.4 Å². The van der Waals surface area contributed by atoms with Gasteiger partial charge in [-0.15, -0.1) is 0 Å². The Morgan fingerprint density at radius 3 is 2.50 bits per heavy atom. The zero-order valence-electron chi connectivity index (χ0n) is 12.3. The van der Waals surface area contributed by atoms with Gasteiger partial charge in [-0.05, 0) is 12.8 Å². The molecule has 0 fully saturated rings. The number of nitrogens with zero attached hydrogens (tertiary/aromatic N) is 3. The fraction of sp³-hybridized carbons (Fsp3) is 0.714. The smallest absolute Gasteiger partial charge is 0.136 e. The Balaban J connectivity index is 2.86.